The monoisotopic (exact) mass is 373 g/mol. The van der Waals surface area contributed by atoms with Gasteiger partial charge in [-0.3, -0.25) is 14.2 Å². The molecule has 1 saturated carbocycles. The second-order valence-corrected chi connectivity index (χ2v) is 7.40. The third kappa shape index (κ3) is 2.49. The van der Waals surface area contributed by atoms with Crippen LogP contribution in [0.25, 0.3) is 0 Å². The van der Waals surface area contributed by atoms with E-state index in [2.05, 4.69) is 20.6 Å². The molecule has 1 fully saturated rings. The Kier molecular flexibility index (Phi) is 3.99. The van der Waals surface area contributed by atoms with Crippen LogP contribution in [0.5, 0.6) is 0 Å². The van der Waals surface area contributed by atoms with Crippen LogP contribution in [-0.4, -0.2) is 20.4 Å². The Bertz CT molecular complexity index is 963. The summed E-state index contributed by atoms with van der Waals surface area (Å²) >= 11 is 6.26. The van der Waals surface area contributed by atoms with E-state index in [1.165, 1.54) is 6.33 Å². The van der Waals surface area contributed by atoms with E-state index in [1.54, 1.807) is 17.6 Å². The van der Waals surface area contributed by atoms with Crippen LogP contribution in [0.15, 0.2) is 17.2 Å². The van der Waals surface area contributed by atoms with E-state index in [9.17, 15) is 9.59 Å². The quantitative estimate of drug-likeness (QED) is 0.844. The summed E-state index contributed by atoms with van der Waals surface area (Å²) in [5, 5.41) is 6.48. The fraction of sp³-hybridized carbons (Fsp3) is 0.444. The molecule has 26 heavy (non-hydrogen) atoms. The lowest BCUT2D eigenvalue weighted by Crippen LogP contribution is -2.48. The van der Waals surface area contributed by atoms with Gasteiger partial charge in [-0.05, 0) is 51.2 Å². The maximum Gasteiger partial charge on any atom is 0.276 e. The molecule has 2 N–H and O–H groups in total. The highest BCUT2D eigenvalue weighted by molar-refractivity contribution is 6.33. The smallest absolute Gasteiger partial charge is 0.276 e. The molecule has 136 valence electrons. The first-order valence-electron chi connectivity index (χ1n) is 8.77. The number of pyridine rings is 1. The molecule has 7 nitrogen and oxygen atoms in total. The van der Waals surface area contributed by atoms with Crippen molar-refractivity contribution in [3.8, 4) is 0 Å². The number of halogens is 1. The molecule has 0 saturated heterocycles. The highest BCUT2D eigenvalue weighted by Crippen LogP contribution is 2.37. The third-order valence-electron chi connectivity index (χ3n) is 5.28. The Hall–Kier alpha value is -2.41. The van der Waals surface area contributed by atoms with Gasteiger partial charge in [-0.25, -0.2) is 9.97 Å². The van der Waals surface area contributed by atoms with Crippen molar-refractivity contribution in [3.05, 3.63) is 44.7 Å². The second kappa shape index (κ2) is 6.09. The van der Waals surface area contributed by atoms with Gasteiger partial charge in [0, 0.05) is 0 Å². The maximum atomic E-state index is 13.3. The Morgan fingerprint density at radius 3 is 2.65 bits per heavy atom. The summed E-state index contributed by atoms with van der Waals surface area (Å²) in [6.45, 7) is 3.61. The maximum absolute atomic E-state index is 13.3. The number of rotatable bonds is 2. The second-order valence-electron chi connectivity index (χ2n) is 7.02. The van der Waals surface area contributed by atoms with Gasteiger partial charge in [0.25, 0.3) is 11.5 Å². The molecule has 0 atom stereocenters. The minimum Gasteiger partial charge on any atom is -0.334 e. The number of hydrogen-bond donors (Lipinski definition) is 2. The van der Waals surface area contributed by atoms with Gasteiger partial charge in [-0.1, -0.05) is 18.0 Å². The van der Waals surface area contributed by atoms with Gasteiger partial charge in [0.1, 0.15) is 28.4 Å². The van der Waals surface area contributed by atoms with Crippen LogP contribution >= 0.6 is 11.6 Å². The summed E-state index contributed by atoms with van der Waals surface area (Å²) < 4.78 is 1.65. The van der Waals surface area contributed by atoms with E-state index in [0.29, 0.717) is 27.9 Å². The number of aryl methyl sites for hydroxylation is 2. The van der Waals surface area contributed by atoms with E-state index >= 15 is 0 Å². The minimum absolute atomic E-state index is 0.177. The Labute approximate surface area is 155 Å². The molecule has 0 unspecified atom stereocenters. The van der Waals surface area contributed by atoms with Crippen molar-refractivity contribution in [2.45, 2.75) is 51.6 Å². The number of aromatic nitrogens is 3. The van der Waals surface area contributed by atoms with Gasteiger partial charge < -0.3 is 10.6 Å². The zero-order valence-electron chi connectivity index (χ0n) is 14.7. The summed E-state index contributed by atoms with van der Waals surface area (Å²) in [5.41, 5.74) is 1.32. The minimum atomic E-state index is -0.615. The van der Waals surface area contributed by atoms with Gasteiger partial charge in [0.2, 0.25) is 0 Å². The topological polar surface area (TPSA) is 88.9 Å². The normalized spacial score (nSPS) is 17.9. The Morgan fingerprint density at radius 1 is 1.19 bits per heavy atom. The number of carbonyl (C=O) groups excluding carboxylic acids is 1. The molecule has 2 aliphatic rings. The molecule has 0 aromatic carbocycles. The fourth-order valence-corrected chi connectivity index (χ4v) is 4.15. The third-order valence-corrected chi connectivity index (χ3v) is 5.73. The number of carbonyl (C=O) groups is 1. The van der Waals surface area contributed by atoms with E-state index < -0.39 is 5.66 Å². The summed E-state index contributed by atoms with van der Waals surface area (Å²) in [7, 11) is 0. The molecule has 3 heterocycles. The van der Waals surface area contributed by atoms with Crippen molar-refractivity contribution in [1.82, 2.24) is 19.9 Å². The van der Waals surface area contributed by atoms with E-state index in [4.69, 9.17) is 11.6 Å². The van der Waals surface area contributed by atoms with Crippen LogP contribution in [0.3, 0.4) is 0 Å². The highest BCUT2D eigenvalue weighted by Gasteiger charge is 2.45. The van der Waals surface area contributed by atoms with Crippen LogP contribution in [-0.2, 0) is 5.66 Å². The molecule has 2 aromatic rings. The number of nitrogens with one attached hydrogen (secondary N) is 2. The summed E-state index contributed by atoms with van der Waals surface area (Å²) in [4.78, 5) is 34.0. The van der Waals surface area contributed by atoms with Crippen LogP contribution in [0.2, 0.25) is 5.02 Å². The largest absolute Gasteiger partial charge is 0.334 e. The highest BCUT2D eigenvalue weighted by atomic mass is 35.5. The molecule has 0 bridgehead atoms. The lowest BCUT2D eigenvalue weighted by Gasteiger charge is -2.35. The van der Waals surface area contributed by atoms with Crippen LogP contribution in [0, 0.1) is 13.8 Å². The van der Waals surface area contributed by atoms with Crippen molar-refractivity contribution >= 4 is 29.0 Å². The van der Waals surface area contributed by atoms with Gasteiger partial charge in [0.05, 0.1) is 5.69 Å². The summed E-state index contributed by atoms with van der Waals surface area (Å²) in [6, 6.07) is 1.68. The molecule has 1 aliphatic carbocycles. The van der Waals surface area contributed by atoms with Crippen molar-refractivity contribution < 1.29 is 4.79 Å². The summed E-state index contributed by atoms with van der Waals surface area (Å²) in [5.74, 6) is 0.204. The standard InChI is InChI=1S/C18H20ClN5O2/c1-10-8-12(22-15-13(19)11(2)20-9-21-15)17(26)24-14(10)16(25)23-18(24)6-4-3-5-7-18/h8-9H,3-7H2,1-2H3,(H,23,25)(H,20,21,22). The summed E-state index contributed by atoms with van der Waals surface area (Å²) in [6.07, 6.45) is 6.02. The predicted molar refractivity (Wildman–Crippen MR) is 99.0 cm³/mol. The zero-order valence-corrected chi connectivity index (χ0v) is 15.5. The lowest BCUT2D eigenvalue weighted by molar-refractivity contribution is 0.0876. The molecule has 2 aromatic heterocycles. The molecular weight excluding hydrogens is 354 g/mol. The number of amides is 1. The molecule has 1 amide bonds. The van der Waals surface area contributed by atoms with E-state index in [-0.39, 0.29) is 11.5 Å². The average molecular weight is 374 g/mol. The van der Waals surface area contributed by atoms with Crippen LogP contribution in [0.1, 0.15) is 53.8 Å². The first-order chi connectivity index (χ1) is 12.4. The van der Waals surface area contributed by atoms with Gasteiger partial charge in [-0.2, -0.15) is 0 Å². The Balaban J connectivity index is 1.86. The zero-order chi connectivity index (χ0) is 18.5. The number of hydrogen-bond acceptors (Lipinski definition) is 5. The lowest BCUT2D eigenvalue weighted by atomic mass is 9.89. The number of nitrogens with zero attached hydrogens (tertiary/aromatic N) is 3. The predicted octanol–water partition coefficient (Wildman–Crippen LogP) is 3.01. The number of fused-ring (bicyclic) bond motifs is 2. The molecule has 1 aliphatic heterocycles. The molecule has 1 spiro atoms. The molecule has 8 heteroatoms. The average Bonchev–Trinajstić information content (AvgIpc) is 2.89. The van der Waals surface area contributed by atoms with Crippen molar-refractivity contribution in [2.75, 3.05) is 5.32 Å². The Morgan fingerprint density at radius 2 is 1.92 bits per heavy atom. The SMILES string of the molecule is Cc1cc(Nc2ncnc(C)c2Cl)c(=O)n2c1C(=O)NC21CCCCC1. The van der Waals surface area contributed by atoms with Gasteiger partial charge >= 0.3 is 0 Å². The van der Waals surface area contributed by atoms with Crippen molar-refractivity contribution in [3.63, 3.8) is 0 Å². The molecule has 0 radical (unpaired) electrons. The van der Waals surface area contributed by atoms with Crippen molar-refractivity contribution in [1.29, 1.82) is 0 Å². The fourth-order valence-electron chi connectivity index (χ4n) is 4.01. The number of anilines is 2. The molecular formula is C18H20ClN5O2. The van der Waals surface area contributed by atoms with Gasteiger partial charge in [-0.15, -0.1) is 0 Å². The first kappa shape index (κ1) is 17.0. The van der Waals surface area contributed by atoms with Crippen molar-refractivity contribution in [2.24, 2.45) is 0 Å². The van der Waals surface area contributed by atoms with Gasteiger partial charge in [0.15, 0.2) is 5.82 Å². The van der Waals surface area contributed by atoms with E-state index in [0.717, 1.165) is 37.7 Å². The van der Waals surface area contributed by atoms with E-state index in [1.807, 2.05) is 6.92 Å². The van der Waals surface area contributed by atoms with Crippen LogP contribution < -0.4 is 16.2 Å². The molecule has 4 rings (SSSR count). The van der Waals surface area contributed by atoms with Crippen LogP contribution in [0.4, 0.5) is 11.5 Å². The first-order valence-corrected chi connectivity index (χ1v) is 9.14.